The zero-order chi connectivity index (χ0) is 21.1. The molecule has 1 N–H and O–H groups in total. The molecule has 0 aliphatic heterocycles. The molecule has 1 aromatic carbocycles. The third-order valence-corrected chi connectivity index (χ3v) is 4.44. The van der Waals surface area contributed by atoms with E-state index in [-0.39, 0.29) is 24.0 Å². The predicted octanol–water partition coefficient (Wildman–Crippen LogP) is 3.26. The van der Waals surface area contributed by atoms with Crippen molar-refractivity contribution in [2.45, 2.75) is 27.4 Å². The number of methoxy groups -OCH3 is 2. The maximum Gasteiger partial charge on any atom is 0.355 e. The van der Waals surface area contributed by atoms with Crippen LogP contribution in [-0.2, 0) is 11.3 Å². The zero-order valence-electron chi connectivity index (χ0n) is 16.8. The fourth-order valence-corrected chi connectivity index (χ4v) is 3.09. The van der Waals surface area contributed by atoms with Crippen molar-refractivity contribution in [2.24, 2.45) is 0 Å². The van der Waals surface area contributed by atoms with Gasteiger partial charge in [0.15, 0.2) is 12.4 Å². The fraction of sp³-hybridized carbons (Fsp3) is 0.300. The van der Waals surface area contributed by atoms with E-state index in [2.05, 4.69) is 15.1 Å². The van der Waals surface area contributed by atoms with Crippen molar-refractivity contribution in [1.29, 1.82) is 0 Å². The van der Waals surface area contributed by atoms with E-state index < -0.39 is 5.97 Å². The SMILES string of the molecule is COc1ccc(-c2noc(COC(=O)c3[nH]c(C)c(C(C)=O)c3C)n2)c(OC)c1. The normalized spacial score (nSPS) is 10.7. The lowest BCUT2D eigenvalue weighted by molar-refractivity contribution is 0.0422. The monoisotopic (exact) mass is 399 g/mol. The highest BCUT2D eigenvalue weighted by atomic mass is 16.6. The molecule has 9 heteroatoms. The van der Waals surface area contributed by atoms with Gasteiger partial charge in [0.2, 0.25) is 5.82 Å². The lowest BCUT2D eigenvalue weighted by Gasteiger charge is -2.07. The largest absolute Gasteiger partial charge is 0.497 e. The standard InChI is InChI=1S/C20H21N3O6/c1-10-17(12(3)24)11(2)21-18(10)20(25)28-9-16-22-19(23-29-16)14-7-6-13(26-4)8-15(14)27-5/h6-8,21H,9H2,1-5H3. The molecular weight excluding hydrogens is 378 g/mol. The predicted molar refractivity (Wildman–Crippen MR) is 102 cm³/mol. The topological polar surface area (TPSA) is 117 Å². The average Bonchev–Trinajstić information content (AvgIpc) is 3.29. The minimum Gasteiger partial charge on any atom is -0.497 e. The van der Waals surface area contributed by atoms with Gasteiger partial charge in [0.1, 0.15) is 17.2 Å². The molecule has 0 spiro atoms. The van der Waals surface area contributed by atoms with Crippen molar-refractivity contribution in [3.8, 4) is 22.9 Å². The van der Waals surface area contributed by atoms with Gasteiger partial charge in [-0.3, -0.25) is 4.79 Å². The van der Waals surface area contributed by atoms with Gasteiger partial charge in [0.25, 0.3) is 5.89 Å². The summed E-state index contributed by atoms with van der Waals surface area (Å²) in [5.74, 6) is 0.832. The van der Waals surface area contributed by atoms with Gasteiger partial charge in [-0.25, -0.2) is 4.79 Å². The first kappa shape index (κ1) is 20.1. The van der Waals surface area contributed by atoms with Crippen LogP contribution in [0, 0.1) is 13.8 Å². The molecule has 0 radical (unpaired) electrons. The van der Waals surface area contributed by atoms with Crippen LogP contribution in [0.25, 0.3) is 11.4 Å². The number of aryl methyl sites for hydroxylation is 1. The van der Waals surface area contributed by atoms with E-state index in [1.54, 1.807) is 39.2 Å². The summed E-state index contributed by atoms with van der Waals surface area (Å²) in [4.78, 5) is 31.2. The summed E-state index contributed by atoms with van der Waals surface area (Å²) in [7, 11) is 3.08. The van der Waals surface area contributed by atoms with Gasteiger partial charge in [-0.05, 0) is 38.5 Å². The third-order valence-electron chi connectivity index (χ3n) is 4.44. The van der Waals surface area contributed by atoms with Crippen LogP contribution in [0.5, 0.6) is 11.5 Å². The van der Waals surface area contributed by atoms with Crippen LogP contribution in [0.4, 0.5) is 0 Å². The van der Waals surface area contributed by atoms with E-state index in [9.17, 15) is 9.59 Å². The molecule has 2 heterocycles. The average molecular weight is 399 g/mol. The van der Waals surface area contributed by atoms with Crippen molar-refractivity contribution < 1.29 is 28.3 Å². The summed E-state index contributed by atoms with van der Waals surface area (Å²) in [6.07, 6.45) is 0. The van der Waals surface area contributed by atoms with Crippen LogP contribution in [0.2, 0.25) is 0 Å². The Labute approximate surface area is 167 Å². The van der Waals surface area contributed by atoms with Crippen molar-refractivity contribution in [3.05, 3.63) is 46.6 Å². The summed E-state index contributed by atoms with van der Waals surface area (Å²) >= 11 is 0. The van der Waals surface area contributed by atoms with E-state index in [1.807, 2.05) is 0 Å². The van der Waals surface area contributed by atoms with Gasteiger partial charge < -0.3 is 23.7 Å². The van der Waals surface area contributed by atoms with Gasteiger partial charge in [0.05, 0.1) is 19.8 Å². The molecule has 0 fully saturated rings. The minimum absolute atomic E-state index is 0.120. The molecule has 0 bridgehead atoms. The van der Waals surface area contributed by atoms with E-state index in [1.165, 1.54) is 14.0 Å². The number of benzene rings is 1. The Bertz CT molecular complexity index is 1070. The molecule has 29 heavy (non-hydrogen) atoms. The number of aromatic nitrogens is 3. The highest BCUT2D eigenvalue weighted by Gasteiger charge is 2.22. The molecule has 3 rings (SSSR count). The number of hydrogen-bond donors (Lipinski definition) is 1. The molecule has 3 aromatic rings. The van der Waals surface area contributed by atoms with Gasteiger partial charge in [-0.15, -0.1) is 0 Å². The minimum atomic E-state index is -0.611. The van der Waals surface area contributed by atoms with Crippen LogP contribution in [0.1, 0.15) is 44.9 Å². The Balaban J connectivity index is 1.74. The highest BCUT2D eigenvalue weighted by Crippen LogP contribution is 2.31. The summed E-state index contributed by atoms with van der Waals surface area (Å²) in [5.41, 5.74) is 2.49. The number of carbonyl (C=O) groups excluding carboxylic acids is 2. The Morgan fingerprint density at radius 1 is 1.17 bits per heavy atom. The number of esters is 1. The van der Waals surface area contributed by atoms with Gasteiger partial charge in [-0.1, -0.05) is 5.16 Å². The molecule has 0 unspecified atom stereocenters. The lowest BCUT2D eigenvalue weighted by Crippen LogP contribution is -2.08. The van der Waals surface area contributed by atoms with Crippen LogP contribution in [0.15, 0.2) is 22.7 Å². The molecule has 152 valence electrons. The first-order chi connectivity index (χ1) is 13.8. The molecule has 0 aliphatic carbocycles. The highest BCUT2D eigenvalue weighted by molar-refractivity contribution is 6.01. The number of carbonyl (C=O) groups is 2. The summed E-state index contributed by atoms with van der Waals surface area (Å²) in [6, 6.07) is 5.19. The number of ketones is 1. The first-order valence-corrected chi connectivity index (χ1v) is 8.77. The van der Waals surface area contributed by atoms with E-state index in [4.69, 9.17) is 18.7 Å². The van der Waals surface area contributed by atoms with Gasteiger partial charge in [0, 0.05) is 17.3 Å². The summed E-state index contributed by atoms with van der Waals surface area (Å²) in [5, 5.41) is 3.91. The molecule has 2 aromatic heterocycles. The summed E-state index contributed by atoms with van der Waals surface area (Å²) < 4.78 is 20.9. The Hall–Kier alpha value is -3.62. The number of rotatable bonds is 7. The second kappa shape index (κ2) is 8.17. The smallest absolute Gasteiger partial charge is 0.355 e. The van der Waals surface area contributed by atoms with Crippen LogP contribution in [-0.4, -0.2) is 41.1 Å². The maximum absolute atomic E-state index is 12.4. The number of nitrogens with zero attached hydrogens (tertiary/aromatic N) is 2. The van der Waals surface area contributed by atoms with Crippen LogP contribution >= 0.6 is 0 Å². The Morgan fingerprint density at radius 2 is 1.93 bits per heavy atom. The van der Waals surface area contributed by atoms with Gasteiger partial charge in [-0.2, -0.15) is 4.98 Å². The zero-order valence-corrected chi connectivity index (χ0v) is 16.8. The molecule has 0 aliphatic rings. The van der Waals surface area contributed by atoms with Gasteiger partial charge >= 0.3 is 5.97 Å². The van der Waals surface area contributed by atoms with E-state index in [0.29, 0.717) is 39.7 Å². The number of Topliss-reactive ketones (excluding diaryl/α,β-unsaturated/α-hetero) is 1. The number of nitrogens with one attached hydrogen (secondary N) is 1. The molecule has 0 atom stereocenters. The van der Waals surface area contributed by atoms with Crippen molar-refractivity contribution >= 4 is 11.8 Å². The molecule has 0 saturated heterocycles. The van der Waals surface area contributed by atoms with Crippen molar-refractivity contribution in [2.75, 3.05) is 14.2 Å². The van der Waals surface area contributed by atoms with Crippen molar-refractivity contribution in [1.82, 2.24) is 15.1 Å². The fourth-order valence-electron chi connectivity index (χ4n) is 3.09. The number of aromatic amines is 1. The Morgan fingerprint density at radius 3 is 2.55 bits per heavy atom. The quantitative estimate of drug-likeness (QED) is 0.475. The van der Waals surface area contributed by atoms with E-state index in [0.717, 1.165) is 0 Å². The number of hydrogen-bond acceptors (Lipinski definition) is 8. The molecule has 9 nitrogen and oxygen atoms in total. The Kier molecular flexibility index (Phi) is 5.67. The van der Waals surface area contributed by atoms with Crippen molar-refractivity contribution in [3.63, 3.8) is 0 Å². The molecule has 0 saturated carbocycles. The van der Waals surface area contributed by atoms with E-state index >= 15 is 0 Å². The summed E-state index contributed by atoms with van der Waals surface area (Å²) in [6.45, 7) is 4.66. The molecular formula is C20H21N3O6. The molecule has 0 amide bonds. The van der Waals surface area contributed by atoms with Crippen LogP contribution < -0.4 is 9.47 Å². The second-order valence-electron chi connectivity index (χ2n) is 6.34. The maximum atomic E-state index is 12.4. The third kappa shape index (κ3) is 3.98. The number of H-pyrrole nitrogens is 1. The first-order valence-electron chi connectivity index (χ1n) is 8.77. The lowest BCUT2D eigenvalue weighted by atomic mass is 10.1. The number of ether oxygens (including phenoxy) is 3. The second-order valence-corrected chi connectivity index (χ2v) is 6.34. The van der Waals surface area contributed by atoms with Crippen LogP contribution in [0.3, 0.4) is 0 Å².